The maximum absolute atomic E-state index is 12.5. The molecule has 1 saturated heterocycles. The molecule has 6 N–H and O–H groups in total. The van der Waals surface area contributed by atoms with Crippen molar-refractivity contribution in [2.45, 2.75) is 104 Å². The van der Waals surface area contributed by atoms with Crippen LogP contribution in [-0.4, -0.2) is 56.3 Å². The highest BCUT2D eigenvalue weighted by Gasteiger charge is 2.41. The number of nitrogens with one attached hydrogen (secondary N) is 4. The van der Waals surface area contributed by atoms with Gasteiger partial charge in [-0.1, -0.05) is 27.7 Å². The summed E-state index contributed by atoms with van der Waals surface area (Å²) < 4.78 is 0. The van der Waals surface area contributed by atoms with Gasteiger partial charge in [0.15, 0.2) is 0 Å². The number of carboxylic acid groups (broad SMARTS) is 2. The Labute approximate surface area is 264 Å². The molecule has 1 aromatic heterocycles. The molecule has 4 heterocycles. The number of hydrogen-bond donors (Lipinski definition) is 7. The summed E-state index contributed by atoms with van der Waals surface area (Å²) >= 11 is 4.66. The molecule has 0 radical (unpaired) electrons. The minimum absolute atomic E-state index is 0.00457. The Bertz CT molecular complexity index is 1440. The highest BCUT2D eigenvalue weighted by molar-refractivity contribution is 7.80. The first-order valence-electron chi connectivity index (χ1n) is 15.6. The van der Waals surface area contributed by atoms with Crippen LogP contribution in [0.2, 0.25) is 0 Å². The van der Waals surface area contributed by atoms with Crippen LogP contribution in [0.15, 0.2) is 34.2 Å². The second-order valence-corrected chi connectivity index (χ2v) is 13.3. The van der Waals surface area contributed by atoms with Crippen molar-refractivity contribution in [1.29, 1.82) is 0 Å². The lowest BCUT2D eigenvalue weighted by molar-refractivity contribution is -0.138. The summed E-state index contributed by atoms with van der Waals surface area (Å²) in [5.74, 6) is -2.05. The van der Waals surface area contributed by atoms with Crippen LogP contribution >= 0.6 is 12.6 Å². The Kier molecular flexibility index (Phi) is 10.4. The number of amides is 2. The molecule has 2 amide bonds. The number of thiol groups is 1. The number of carbonyl (C=O) groups excluding carboxylic acids is 2. The Morgan fingerprint density at radius 3 is 2.27 bits per heavy atom. The summed E-state index contributed by atoms with van der Waals surface area (Å²) in [5.41, 5.74) is 8.37. The number of H-pyrrole nitrogens is 1. The quantitative estimate of drug-likeness (QED) is 0.163. The highest BCUT2D eigenvalue weighted by Crippen LogP contribution is 2.37. The van der Waals surface area contributed by atoms with E-state index in [2.05, 4.69) is 39.6 Å². The van der Waals surface area contributed by atoms with Crippen LogP contribution in [0.3, 0.4) is 0 Å². The molecule has 3 aliphatic heterocycles. The molecule has 4 rings (SSSR count). The number of hydrogen-bond acceptors (Lipinski definition) is 6. The molecule has 3 unspecified atom stereocenters. The van der Waals surface area contributed by atoms with Crippen molar-refractivity contribution in [1.82, 2.24) is 20.9 Å². The molecule has 0 bridgehead atoms. The monoisotopic (exact) mass is 626 g/mol. The molecular weight excluding hydrogens is 580 g/mol. The molecule has 0 aliphatic carbocycles. The molecule has 10 nitrogen and oxygen atoms in total. The van der Waals surface area contributed by atoms with Gasteiger partial charge in [-0.15, -0.1) is 0 Å². The summed E-state index contributed by atoms with van der Waals surface area (Å²) in [5, 5.41) is 28.7. The van der Waals surface area contributed by atoms with E-state index in [-0.39, 0.29) is 59.7 Å². The minimum atomic E-state index is -0.882. The van der Waals surface area contributed by atoms with Crippen molar-refractivity contribution in [3.8, 4) is 0 Å². The molecule has 1 aromatic rings. The van der Waals surface area contributed by atoms with Gasteiger partial charge < -0.3 is 31.1 Å². The smallest absolute Gasteiger partial charge is 0.303 e. The summed E-state index contributed by atoms with van der Waals surface area (Å²) in [6.45, 7) is 11.9. The van der Waals surface area contributed by atoms with E-state index in [0.29, 0.717) is 32.1 Å². The Morgan fingerprint density at radius 2 is 1.68 bits per heavy atom. The summed E-state index contributed by atoms with van der Waals surface area (Å²) in [7, 11) is 0. The molecule has 240 valence electrons. The van der Waals surface area contributed by atoms with E-state index >= 15 is 0 Å². The standard InChI is InChI=1S/C33H46N4O6S/c1-7-20-15(2)25(36-33(20)43)12-23-16(3)21(8-10-29(38)39)26(34-23)14-27-22(9-11-30(40)41)17(4)24(35-27)13-28-31(19(6)44)18(5)32(42)37-28/h13,17-19,25,28,31,34-35,44H,7-12,14H2,1-6H3,(H,36,43)(H,37,42)(H,38,39)(H,40,41)/b24-13+/t17?,18-,19-,25?,28?,31+/m1/s1. The number of aromatic amines is 1. The van der Waals surface area contributed by atoms with E-state index in [4.69, 9.17) is 0 Å². The Hall–Kier alpha value is -3.47. The number of carbonyl (C=O) groups is 4. The van der Waals surface area contributed by atoms with Crippen LogP contribution in [0.1, 0.15) is 82.8 Å². The van der Waals surface area contributed by atoms with Crippen molar-refractivity contribution in [2.75, 3.05) is 0 Å². The van der Waals surface area contributed by atoms with Gasteiger partial charge in [0.2, 0.25) is 11.8 Å². The normalized spacial score (nSPS) is 26.8. The van der Waals surface area contributed by atoms with Gasteiger partial charge in [0.05, 0.1) is 12.1 Å². The van der Waals surface area contributed by atoms with Crippen molar-refractivity contribution < 1.29 is 29.4 Å². The predicted octanol–water partition coefficient (Wildman–Crippen LogP) is 3.96. The fraction of sp³-hybridized carbons (Fsp3) is 0.576. The van der Waals surface area contributed by atoms with Crippen molar-refractivity contribution in [2.24, 2.45) is 17.8 Å². The maximum Gasteiger partial charge on any atom is 0.303 e. The fourth-order valence-corrected chi connectivity index (χ4v) is 7.60. The average molecular weight is 627 g/mol. The van der Waals surface area contributed by atoms with Crippen molar-refractivity contribution in [3.05, 3.63) is 56.7 Å². The van der Waals surface area contributed by atoms with Crippen LogP contribution < -0.4 is 16.0 Å². The van der Waals surface area contributed by atoms with Crippen LogP contribution in [0.4, 0.5) is 0 Å². The third-order valence-corrected chi connectivity index (χ3v) is 10.1. The van der Waals surface area contributed by atoms with Crippen LogP contribution in [0, 0.1) is 24.7 Å². The largest absolute Gasteiger partial charge is 0.481 e. The first-order valence-corrected chi connectivity index (χ1v) is 16.1. The van der Waals surface area contributed by atoms with E-state index in [1.165, 1.54) is 0 Å². The molecule has 1 fully saturated rings. The van der Waals surface area contributed by atoms with E-state index in [9.17, 15) is 29.4 Å². The molecule has 0 saturated carbocycles. The zero-order valence-corrected chi connectivity index (χ0v) is 27.4. The summed E-state index contributed by atoms with van der Waals surface area (Å²) in [4.78, 5) is 51.7. The first-order chi connectivity index (χ1) is 20.7. The number of allylic oxidation sites excluding steroid dienone is 2. The minimum Gasteiger partial charge on any atom is -0.481 e. The fourth-order valence-electron chi connectivity index (χ4n) is 7.16. The van der Waals surface area contributed by atoms with Crippen LogP contribution in [-0.2, 0) is 38.4 Å². The van der Waals surface area contributed by atoms with Crippen molar-refractivity contribution >= 4 is 36.4 Å². The van der Waals surface area contributed by atoms with Crippen LogP contribution in [0.25, 0.3) is 0 Å². The van der Waals surface area contributed by atoms with E-state index < -0.39 is 11.9 Å². The molecule has 0 spiro atoms. The number of rotatable bonds is 13. The second kappa shape index (κ2) is 13.7. The van der Waals surface area contributed by atoms with Gasteiger partial charge in [-0.2, -0.15) is 12.6 Å². The van der Waals surface area contributed by atoms with Gasteiger partial charge in [0.25, 0.3) is 0 Å². The predicted molar refractivity (Wildman–Crippen MR) is 171 cm³/mol. The molecule has 11 heteroatoms. The topological polar surface area (TPSA) is 161 Å². The lowest BCUT2D eigenvalue weighted by atomic mass is 9.87. The maximum atomic E-state index is 12.5. The molecule has 3 aliphatic rings. The Morgan fingerprint density at radius 1 is 1.02 bits per heavy atom. The van der Waals surface area contributed by atoms with Gasteiger partial charge in [0.1, 0.15) is 0 Å². The molecule has 6 atom stereocenters. The zero-order chi connectivity index (χ0) is 32.5. The lowest BCUT2D eigenvalue weighted by Gasteiger charge is -2.23. The van der Waals surface area contributed by atoms with Gasteiger partial charge in [-0.25, -0.2) is 0 Å². The first kappa shape index (κ1) is 33.4. The van der Waals surface area contributed by atoms with Crippen molar-refractivity contribution in [3.63, 3.8) is 0 Å². The SMILES string of the molecule is CCC1=C(C)C(Cc2[nH]c(CC3=C(CCC(=O)O)C(C)/C(=C\C4NC(=O)[C@H](C)[C@H]4[C@@H](C)S)N3)c(CCC(=O)O)c2C)NC1=O. The zero-order valence-electron chi connectivity index (χ0n) is 26.5. The van der Waals surface area contributed by atoms with Gasteiger partial charge in [-0.05, 0) is 61.5 Å². The van der Waals surface area contributed by atoms with Gasteiger partial charge >= 0.3 is 11.9 Å². The number of aliphatic carboxylic acids is 2. The third-order valence-electron chi connectivity index (χ3n) is 9.76. The highest BCUT2D eigenvalue weighted by atomic mass is 32.1. The molecule has 0 aromatic carbocycles. The molecular formula is C33H46N4O6S. The van der Waals surface area contributed by atoms with E-state index in [0.717, 1.165) is 50.6 Å². The second-order valence-electron chi connectivity index (χ2n) is 12.5. The van der Waals surface area contributed by atoms with E-state index in [1.54, 1.807) is 0 Å². The Balaban J connectivity index is 1.68. The summed E-state index contributed by atoms with van der Waals surface area (Å²) in [6.07, 6.45) is 4.40. The van der Waals surface area contributed by atoms with Crippen LogP contribution in [0.5, 0.6) is 0 Å². The third kappa shape index (κ3) is 6.92. The average Bonchev–Trinajstić information content (AvgIpc) is 3.59. The number of carboxylic acids is 2. The van der Waals surface area contributed by atoms with Gasteiger partial charge in [0, 0.05) is 77.0 Å². The van der Waals surface area contributed by atoms with E-state index in [1.807, 2.05) is 41.5 Å². The lowest BCUT2D eigenvalue weighted by Crippen LogP contribution is -2.32. The number of aromatic nitrogens is 1. The molecule has 44 heavy (non-hydrogen) atoms. The summed E-state index contributed by atoms with van der Waals surface area (Å²) in [6, 6.07) is -0.336. The van der Waals surface area contributed by atoms with Gasteiger partial charge in [-0.3, -0.25) is 19.2 Å².